The van der Waals surface area contributed by atoms with Crippen LogP contribution >= 0.6 is 34.8 Å². The molecule has 0 unspecified atom stereocenters. The van der Waals surface area contributed by atoms with Crippen molar-refractivity contribution in [2.75, 3.05) is 32.8 Å². The van der Waals surface area contributed by atoms with Crippen LogP contribution in [0, 0.1) is 0 Å². The van der Waals surface area contributed by atoms with E-state index in [2.05, 4.69) is 10.1 Å². The highest BCUT2D eigenvalue weighted by Gasteiger charge is 2.19. The molecule has 0 bridgehead atoms. The van der Waals surface area contributed by atoms with Crippen LogP contribution in [-0.4, -0.2) is 61.8 Å². The zero-order valence-corrected chi connectivity index (χ0v) is 25.3. The minimum Gasteiger partial charge on any atom is -0.492 e. The number of aliphatic hydroxyl groups is 2. The average Bonchev–Trinajstić information content (AvgIpc) is 2.97. The van der Waals surface area contributed by atoms with Gasteiger partial charge in [-0.05, 0) is 48.4 Å². The number of hydrogen-bond acceptors (Lipinski definition) is 9. The van der Waals surface area contributed by atoms with E-state index in [9.17, 15) is 19.8 Å². The van der Waals surface area contributed by atoms with E-state index in [1.165, 1.54) is 14.2 Å². The third kappa shape index (κ3) is 9.68. The molecule has 0 amide bonds. The van der Waals surface area contributed by atoms with Crippen LogP contribution in [0.4, 0.5) is 11.4 Å². The van der Waals surface area contributed by atoms with Crippen LogP contribution in [0.3, 0.4) is 0 Å². The van der Waals surface area contributed by atoms with Gasteiger partial charge in [0.15, 0.2) is 5.75 Å². The molecule has 0 heterocycles. The summed E-state index contributed by atoms with van der Waals surface area (Å²) in [5, 5.41) is 24.7. The quantitative estimate of drug-likeness (QED) is 0.166. The van der Waals surface area contributed by atoms with Crippen molar-refractivity contribution < 1.29 is 38.7 Å². The fourth-order valence-electron chi connectivity index (χ4n) is 3.93. The van der Waals surface area contributed by atoms with E-state index in [0.717, 1.165) is 5.56 Å². The molecule has 0 saturated carbocycles. The number of hydrogen-bond donors (Lipinski definition) is 3. The molecule has 12 heteroatoms. The first-order valence-electron chi connectivity index (χ1n) is 13.0. The Hall–Kier alpha value is -3.21. The maximum atomic E-state index is 12.0. The van der Waals surface area contributed by atoms with Crippen LogP contribution in [0.15, 0.2) is 54.6 Å². The van der Waals surface area contributed by atoms with Crippen LogP contribution in [0.25, 0.3) is 0 Å². The Morgan fingerprint density at radius 3 is 2.10 bits per heavy atom. The fourth-order valence-corrected chi connectivity index (χ4v) is 4.78. The Bertz CT molecular complexity index is 1350. The van der Waals surface area contributed by atoms with Crippen molar-refractivity contribution in [3.05, 3.63) is 80.8 Å². The number of rotatable bonds is 15. The van der Waals surface area contributed by atoms with Gasteiger partial charge in [0.05, 0.1) is 66.0 Å². The number of carbonyl (C=O) groups excluding carboxylic acids is 2. The molecule has 0 aliphatic carbocycles. The molecular weight excluding hydrogens is 609 g/mol. The number of aliphatic hydroxyl groups excluding tert-OH is 2. The Morgan fingerprint density at radius 1 is 0.833 bits per heavy atom. The van der Waals surface area contributed by atoms with Gasteiger partial charge < -0.3 is 34.5 Å². The van der Waals surface area contributed by atoms with Gasteiger partial charge >= 0.3 is 11.9 Å². The van der Waals surface area contributed by atoms with Crippen molar-refractivity contribution in [2.24, 2.45) is 0 Å². The number of nitrogens with one attached hydrogen (secondary N) is 1. The first kappa shape index (κ1) is 33.3. The molecule has 9 nitrogen and oxygen atoms in total. The second kappa shape index (κ2) is 16.4. The van der Waals surface area contributed by atoms with Crippen molar-refractivity contribution in [1.82, 2.24) is 0 Å². The normalized spacial score (nSPS) is 12.3. The first-order valence-corrected chi connectivity index (χ1v) is 14.2. The lowest BCUT2D eigenvalue weighted by atomic mass is 10.1. The fraction of sp³-hybridized carbons (Fsp3) is 0.333. The van der Waals surface area contributed by atoms with Crippen LogP contribution in [0.2, 0.25) is 15.1 Å². The van der Waals surface area contributed by atoms with Crippen molar-refractivity contribution in [3.8, 4) is 11.5 Å². The van der Waals surface area contributed by atoms with E-state index in [0.29, 0.717) is 34.1 Å². The number of carbonyl (C=O) groups is 2. The maximum Gasteiger partial charge on any atom is 0.339 e. The maximum absolute atomic E-state index is 12.0. The molecule has 0 fully saturated rings. The van der Waals surface area contributed by atoms with Crippen molar-refractivity contribution in [3.63, 3.8) is 0 Å². The minimum absolute atomic E-state index is 0.0370. The van der Waals surface area contributed by atoms with Crippen LogP contribution < -0.4 is 14.8 Å². The SMILES string of the molecule is COC(=O)CCc1ccc(OCC[C@@H](O)[C@H](O)CCOc2c(Cl)cc(Nc3ccccc3C(=O)OC)cc2Cl)c(Cl)c1. The van der Waals surface area contributed by atoms with E-state index in [1.807, 2.05) is 0 Å². The largest absolute Gasteiger partial charge is 0.492 e. The summed E-state index contributed by atoms with van der Waals surface area (Å²) in [5.74, 6) is -0.144. The van der Waals surface area contributed by atoms with Gasteiger partial charge in [-0.3, -0.25) is 4.79 Å². The summed E-state index contributed by atoms with van der Waals surface area (Å²) >= 11 is 19.1. The molecule has 0 aromatic heterocycles. The summed E-state index contributed by atoms with van der Waals surface area (Å²) in [6.45, 7) is 0.154. The van der Waals surface area contributed by atoms with Gasteiger partial charge in [-0.15, -0.1) is 0 Å². The number of methoxy groups -OCH3 is 2. The molecule has 3 aromatic carbocycles. The highest BCUT2D eigenvalue weighted by molar-refractivity contribution is 6.37. The van der Waals surface area contributed by atoms with Gasteiger partial charge in [-0.1, -0.05) is 53.0 Å². The lowest BCUT2D eigenvalue weighted by Gasteiger charge is -2.19. The Morgan fingerprint density at radius 2 is 1.48 bits per heavy atom. The molecular formula is C30H32Cl3NO8. The van der Waals surface area contributed by atoms with Gasteiger partial charge in [-0.25, -0.2) is 4.79 Å². The number of esters is 2. The average molecular weight is 641 g/mol. The number of para-hydroxylation sites is 1. The van der Waals surface area contributed by atoms with Gasteiger partial charge in [0.1, 0.15) is 5.75 Å². The third-order valence-corrected chi connectivity index (χ3v) is 7.08. The molecule has 3 aromatic rings. The molecule has 0 aliphatic heterocycles. The van der Waals surface area contributed by atoms with E-state index >= 15 is 0 Å². The summed E-state index contributed by atoms with van der Waals surface area (Å²) in [6, 6.07) is 15.2. The van der Waals surface area contributed by atoms with Gasteiger partial charge in [0.25, 0.3) is 0 Å². The van der Waals surface area contributed by atoms with Gasteiger partial charge in [0, 0.05) is 24.9 Å². The number of halogens is 3. The number of aryl methyl sites for hydroxylation is 1. The second-order valence-corrected chi connectivity index (χ2v) is 10.4. The summed E-state index contributed by atoms with van der Waals surface area (Å²) < 4.78 is 20.8. The molecule has 0 aliphatic rings. The molecule has 2 atom stereocenters. The van der Waals surface area contributed by atoms with E-state index in [-0.39, 0.29) is 54.2 Å². The Kier molecular flexibility index (Phi) is 13.0. The highest BCUT2D eigenvalue weighted by Crippen LogP contribution is 2.37. The Balaban J connectivity index is 1.46. The predicted molar refractivity (Wildman–Crippen MR) is 162 cm³/mol. The van der Waals surface area contributed by atoms with Crippen molar-refractivity contribution in [2.45, 2.75) is 37.9 Å². The third-order valence-electron chi connectivity index (χ3n) is 6.23. The molecule has 226 valence electrons. The van der Waals surface area contributed by atoms with Crippen LogP contribution in [0.1, 0.15) is 35.2 Å². The molecule has 3 rings (SSSR count). The monoisotopic (exact) mass is 639 g/mol. The zero-order valence-electron chi connectivity index (χ0n) is 23.1. The first-order chi connectivity index (χ1) is 20.1. The molecule has 42 heavy (non-hydrogen) atoms. The highest BCUT2D eigenvalue weighted by atomic mass is 35.5. The van der Waals surface area contributed by atoms with Crippen LogP contribution in [-0.2, 0) is 20.7 Å². The summed E-state index contributed by atoms with van der Waals surface area (Å²) in [6.07, 6.45) is -1.16. The van der Waals surface area contributed by atoms with Gasteiger partial charge in [0.2, 0.25) is 0 Å². The lowest BCUT2D eigenvalue weighted by molar-refractivity contribution is -0.140. The number of benzene rings is 3. The number of ether oxygens (including phenoxy) is 4. The van der Waals surface area contributed by atoms with E-state index < -0.39 is 18.2 Å². The smallest absolute Gasteiger partial charge is 0.339 e. The second-order valence-electron chi connectivity index (χ2n) is 9.18. The van der Waals surface area contributed by atoms with Crippen molar-refractivity contribution in [1.29, 1.82) is 0 Å². The van der Waals surface area contributed by atoms with E-state index in [1.54, 1.807) is 54.6 Å². The summed E-state index contributed by atoms with van der Waals surface area (Å²) in [4.78, 5) is 23.3. The standard InChI is InChI=1S/C30H32Cl3NO8/c1-39-28(37)10-8-18-7-9-27(21(31)15-18)41-13-11-25(35)26(36)12-14-42-29-22(32)16-19(17-23(29)33)34-24-6-4-3-5-20(24)30(38)40-2/h3-7,9,15-17,25-26,34-36H,8,10-14H2,1-2H3/t25-,26-/m1/s1. The van der Waals surface area contributed by atoms with Crippen LogP contribution in [0.5, 0.6) is 11.5 Å². The topological polar surface area (TPSA) is 124 Å². The summed E-state index contributed by atoms with van der Waals surface area (Å²) in [7, 11) is 2.64. The zero-order chi connectivity index (χ0) is 30.6. The molecule has 3 N–H and O–H groups in total. The molecule has 0 saturated heterocycles. The molecule has 0 spiro atoms. The lowest BCUT2D eigenvalue weighted by Crippen LogP contribution is -2.29. The van der Waals surface area contributed by atoms with E-state index in [4.69, 9.17) is 49.0 Å². The molecule has 0 radical (unpaired) electrons. The Labute approximate surface area is 259 Å². The minimum atomic E-state index is -1.09. The number of anilines is 2. The van der Waals surface area contributed by atoms with Crippen molar-refractivity contribution >= 4 is 58.1 Å². The summed E-state index contributed by atoms with van der Waals surface area (Å²) in [5.41, 5.74) is 2.25. The predicted octanol–water partition coefficient (Wildman–Crippen LogP) is 6.24. The van der Waals surface area contributed by atoms with Gasteiger partial charge in [-0.2, -0.15) is 0 Å².